The van der Waals surface area contributed by atoms with Gasteiger partial charge in [0.25, 0.3) is 5.91 Å². The van der Waals surface area contributed by atoms with E-state index in [0.29, 0.717) is 11.3 Å². The van der Waals surface area contributed by atoms with Gasteiger partial charge in [0.15, 0.2) is 0 Å². The summed E-state index contributed by atoms with van der Waals surface area (Å²) in [4.78, 5) is 15.4. The molecule has 5 nitrogen and oxygen atoms in total. The predicted molar refractivity (Wildman–Crippen MR) is 78.2 cm³/mol. The van der Waals surface area contributed by atoms with E-state index < -0.39 is 11.9 Å². The van der Waals surface area contributed by atoms with Gasteiger partial charge in [-0.2, -0.15) is 18.3 Å². The molecule has 0 saturated carbocycles. The van der Waals surface area contributed by atoms with E-state index in [1.54, 1.807) is 0 Å². The third-order valence-corrected chi connectivity index (χ3v) is 3.47. The van der Waals surface area contributed by atoms with E-state index in [1.165, 1.54) is 23.1 Å². The Morgan fingerprint density at radius 2 is 1.96 bits per heavy atom. The summed E-state index contributed by atoms with van der Waals surface area (Å²) in [5.41, 5.74) is -0.281. The van der Waals surface area contributed by atoms with E-state index in [9.17, 15) is 18.0 Å². The molecule has 0 atom stereocenters. The molecule has 1 amide bonds. The summed E-state index contributed by atoms with van der Waals surface area (Å²) in [6.45, 7) is 3.96. The van der Waals surface area contributed by atoms with Crippen LogP contribution in [0.15, 0.2) is 30.7 Å². The Hall–Kier alpha value is -2.38. The highest BCUT2D eigenvalue weighted by molar-refractivity contribution is 5.93. The highest BCUT2D eigenvalue weighted by atomic mass is 19.4. The van der Waals surface area contributed by atoms with Crippen LogP contribution in [0.2, 0.25) is 0 Å². The summed E-state index contributed by atoms with van der Waals surface area (Å²) in [6.07, 6.45) is 1.05. The molecule has 2 rings (SSSR count). The maximum atomic E-state index is 12.5. The van der Waals surface area contributed by atoms with Gasteiger partial charge in [0.2, 0.25) is 0 Å². The topological polar surface area (TPSA) is 59.8 Å². The molecule has 0 aliphatic carbocycles. The molecule has 0 radical (unpaired) electrons. The Balaban J connectivity index is 2.14. The number of carbonyl (C=O) groups is 1. The van der Waals surface area contributed by atoms with Crippen molar-refractivity contribution < 1.29 is 18.0 Å². The van der Waals surface area contributed by atoms with Crippen LogP contribution in [0.5, 0.6) is 0 Å². The first-order valence-electron chi connectivity index (χ1n) is 7.24. The van der Waals surface area contributed by atoms with E-state index >= 15 is 0 Å². The molecular formula is C15H17F3N4O. The average molecular weight is 326 g/mol. The second kappa shape index (κ2) is 6.80. The normalized spacial score (nSPS) is 11.7. The number of rotatable bonds is 5. The highest BCUT2D eigenvalue weighted by Gasteiger charge is 2.32. The van der Waals surface area contributed by atoms with E-state index in [1.807, 2.05) is 13.8 Å². The predicted octanol–water partition coefficient (Wildman–Crippen LogP) is 3.20. The maximum absolute atomic E-state index is 12.5. The molecule has 23 heavy (non-hydrogen) atoms. The van der Waals surface area contributed by atoms with Crippen molar-refractivity contribution in [1.82, 2.24) is 20.1 Å². The lowest BCUT2D eigenvalue weighted by Crippen LogP contribution is -2.33. The summed E-state index contributed by atoms with van der Waals surface area (Å²) < 4.78 is 38.8. The number of aromatic nitrogens is 3. The van der Waals surface area contributed by atoms with E-state index in [-0.39, 0.29) is 11.9 Å². The van der Waals surface area contributed by atoms with Crippen molar-refractivity contribution in [1.29, 1.82) is 0 Å². The number of nitrogens with one attached hydrogen (secondary N) is 1. The smallest absolute Gasteiger partial charge is 0.349 e. The molecule has 0 saturated heterocycles. The van der Waals surface area contributed by atoms with Crippen molar-refractivity contribution >= 4 is 5.91 Å². The van der Waals surface area contributed by atoms with Gasteiger partial charge in [0.05, 0.1) is 23.6 Å². The largest absolute Gasteiger partial charge is 0.433 e. The van der Waals surface area contributed by atoms with Crippen LogP contribution in [0.25, 0.3) is 5.69 Å². The minimum absolute atomic E-state index is 0.0820. The lowest BCUT2D eigenvalue weighted by molar-refractivity contribution is -0.141. The number of amides is 1. The van der Waals surface area contributed by atoms with Crippen molar-refractivity contribution in [2.45, 2.75) is 38.9 Å². The fourth-order valence-corrected chi connectivity index (χ4v) is 2.03. The zero-order valence-corrected chi connectivity index (χ0v) is 12.8. The molecule has 2 heterocycles. The summed E-state index contributed by atoms with van der Waals surface area (Å²) in [5.74, 6) is -0.259. The average Bonchev–Trinajstić information content (AvgIpc) is 3.01. The number of pyridine rings is 1. The Morgan fingerprint density at radius 1 is 1.26 bits per heavy atom. The molecule has 124 valence electrons. The quantitative estimate of drug-likeness (QED) is 0.918. The number of nitrogens with zero attached hydrogens (tertiary/aromatic N) is 3. The molecule has 0 unspecified atom stereocenters. The maximum Gasteiger partial charge on any atom is 0.433 e. The van der Waals surface area contributed by atoms with Crippen molar-refractivity contribution in [2.24, 2.45) is 0 Å². The molecule has 1 N–H and O–H groups in total. The molecule has 2 aromatic rings. The number of carbonyl (C=O) groups excluding carboxylic acids is 1. The van der Waals surface area contributed by atoms with Crippen LogP contribution in [-0.2, 0) is 6.18 Å². The summed E-state index contributed by atoms with van der Waals surface area (Å²) in [5, 5.41) is 6.86. The third kappa shape index (κ3) is 4.08. The summed E-state index contributed by atoms with van der Waals surface area (Å²) >= 11 is 0. The van der Waals surface area contributed by atoms with Gasteiger partial charge < -0.3 is 5.32 Å². The lowest BCUT2D eigenvalue weighted by Gasteiger charge is -2.13. The summed E-state index contributed by atoms with van der Waals surface area (Å²) in [6, 6.07) is 2.21. The van der Waals surface area contributed by atoms with Gasteiger partial charge in [0.1, 0.15) is 5.69 Å². The van der Waals surface area contributed by atoms with Crippen LogP contribution in [0.1, 0.15) is 42.7 Å². The lowest BCUT2D eigenvalue weighted by atomic mass is 10.1. The fourth-order valence-electron chi connectivity index (χ4n) is 2.03. The Kier molecular flexibility index (Phi) is 5.02. The van der Waals surface area contributed by atoms with Gasteiger partial charge in [-0.15, -0.1) is 0 Å². The van der Waals surface area contributed by atoms with Crippen molar-refractivity contribution in [2.75, 3.05) is 0 Å². The number of halogens is 3. The molecule has 8 heteroatoms. The van der Waals surface area contributed by atoms with Gasteiger partial charge in [0, 0.05) is 12.2 Å². The molecule has 0 aromatic carbocycles. The Bertz CT molecular complexity index is 660. The first-order chi connectivity index (χ1) is 10.8. The van der Waals surface area contributed by atoms with Gasteiger partial charge in [-0.3, -0.25) is 4.79 Å². The fraction of sp³-hybridized carbons (Fsp3) is 0.400. The Labute approximate surface area is 131 Å². The number of alkyl halides is 3. The molecule has 0 bridgehead atoms. The van der Waals surface area contributed by atoms with E-state index in [4.69, 9.17) is 0 Å². The van der Waals surface area contributed by atoms with Crippen molar-refractivity contribution in [3.8, 4) is 5.69 Å². The van der Waals surface area contributed by atoms with Gasteiger partial charge in [-0.1, -0.05) is 13.8 Å². The SMILES string of the molecule is CCC(CC)NC(=O)c1cnn(-c2ccc(C(F)(F)F)nc2)c1. The van der Waals surface area contributed by atoms with Crippen LogP contribution in [0.4, 0.5) is 13.2 Å². The van der Waals surface area contributed by atoms with Crippen LogP contribution in [0, 0.1) is 0 Å². The van der Waals surface area contributed by atoms with Gasteiger partial charge in [-0.25, -0.2) is 9.67 Å². The van der Waals surface area contributed by atoms with Gasteiger partial charge >= 0.3 is 6.18 Å². The monoisotopic (exact) mass is 326 g/mol. The third-order valence-electron chi connectivity index (χ3n) is 3.47. The molecule has 0 spiro atoms. The molecular weight excluding hydrogens is 309 g/mol. The van der Waals surface area contributed by atoms with Crippen molar-refractivity contribution in [3.05, 3.63) is 42.0 Å². The van der Waals surface area contributed by atoms with E-state index in [0.717, 1.165) is 25.1 Å². The summed E-state index contributed by atoms with van der Waals surface area (Å²) in [7, 11) is 0. The first-order valence-corrected chi connectivity index (χ1v) is 7.24. The number of hydrogen-bond acceptors (Lipinski definition) is 3. The second-order valence-corrected chi connectivity index (χ2v) is 5.06. The zero-order valence-electron chi connectivity index (χ0n) is 12.8. The standard InChI is InChI=1S/C15H17F3N4O/c1-3-11(4-2)21-14(23)10-7-20-22(9-10)12-5-6-13(19-8-12)15(16,17)18/h5-9,11H,3-4H2,1-2H3,(H,21,23). The van der Waals surface area contributed by atoms with Crippen LogP contribution in [-0.4, -0.2) is 26.7 Å². The minimum Gasteiger partial charge on any atom is -0.349 e. The zero-order chi connectivity index (χ0) is 17.0. The number of hydrogen-bond donors (Lipinski definition) is 1. The van der Waals surface area contributed by atoms with Crippen LogP contribution < -0.4 is 5.32 Å². The second-order valence-electron chi connectivity index (χ2n) is 5.06. The molecule has 0 fully saturated rings. The molecule has 2 aromatic heterocycles. The molecule has 0 aliphatic heterocycles. The highest BCUT2D eigenvalue weighted by Crippen LogP contribution is 2.27. The molecule has 0 aliphatic rings. The van der Waals surface area contributed by atoms with Crippen LogP contribution >= 0.6 is 0 Å². The Morgan fingerprint density at radius 3 is 2.48 bits per heavy atom. The first kappa shape index (κ1) is 17.0. The van der Waals surface area contributed by atoms with E-state index in [2.05, 4.69) is 15.4 Å². The van der Waals surface area contributed by atoms with Crippen LogP contribution in [0.3, 0.4) is 0 Å². The van der Waals surface area contributed by atoms with Crippen molar-refractivity contribution in [3.63, 3.8) is 0 Å². The minimum atomic E-state index is -4.48. The van der Waals surface area contributed by atoms with Gasteiger partial charge in [-0.05, 0) is 25.0 Å².